The number of aliphatic hydroxyl groups is 1. The van der Waals surface area contributed by atoms with Gasteiger partial charge >= 0.3 is 0 Å². The van der Waals surface area contributed by atoms with E-state index in [9.17, 15) is 5.11 Å². The Balaban J connectivity index is 1.96. The number of hydrogen-bond donors (Lipinski definition) is 1. The van der Waals surface area contributed by atoms with Crippen LogP contribution < -0.4 is 4.90 Å². The van der Waals surface area contributed by atoms with Gasteiger partial charge in [0.25, 0.3) is 0 Å². The Morgan fingerprint density at radius 2 is 2.05 bits per heavy atom. The van der Waals surface area contributed by atoms with Crippen LogP contribution in [0, 0.1) is 11.3 Å². The molecule has 1 aromatic rings. The van der Waals surface area contributed by atoms with Crippen LogP contribution in [-0.2, 0) is 4.74 Å². The van der Waals surface area contributed by atoms with Gasteiger partial charge in [0.2, 0.25) is 0 Å². The molecule has 0 radical (unpaired) electrons. The standard InChI is InChI=1S/C15H18N2O2/c1-10(18)14-5-2-11(7-16)6-15(14)17-8-12-3-4-13(9-17)19-12/h2,5-6,10,12-13,18H,3-4,8-9H2,1H3/t10-,12?,13?/m0/s1. The average molecular weight is 258 g/mol. The molecule has 0 saturated carbocycles. The zero-order valence-corrected chi connectivity index (χ0v) is 11.0. The van der Waals surface area contributed by atoms with Crippen LogP contribution in [0.4, 0.5) is 5.69 Å². The largest absolute Gasteiger partial charge is 0.389 e. The molecule has 0 spiro atoms. The van der Waals surface area contributed by atoms with Gasteiger partial charge in [-0.3, -0.25) is 0 Å². The highest BCUT2D eigenvalue weighted by Gasteiger charge is 2.34. The van der Waals surface area contributed by atoms with Crippen molar-refractivity contribution in [3.05, 3.63) is 29.3 Å². The van der Waals surface area contributed by atoms with Gasteiger partial charge in [-0.15, -0.1) is 0 Å². The van der Waals surface area contributed by atoms with Crippen molar-refractivity contribution in [3.63, 3.8) is 0 Å². The van der Waals surface area contributed by atoms with Crippen molar-refractivity contribution in [2.75, 3.05) is 18.0 Å². The topological polar surface area (TPSA) is 56.5 Å². The second kappa shape index (κ2) is 4.84. The highest BCUT2D eigenvalue weighted by atomic mass is 16.5. The number of aliphatic hydroxyl groups excluding tert-OH is 1. The Hall–Kier alpha value is -1.57. The summed E-state index contributed by atoms with van der Waals surface area (Å²) in [5.41, 5.74) is 2.51. The summed E-state index contributed by atoms with van der Waals surface area (Å²) in [5, 5.41) is 19.0. The van der Waals surface area contributed by atoms with Crippen LogP contribution in [0.25, 0.3) is 0 Å². The van der Waals surface area contributed by atoms with Crippen molar-refractivity contribution in [2.45, 2.75) is 38.1 Å². The highest BCUT2D eigenvalue weighted by Crippen LogP contribution is 2.34. The molecule has 100 valence electrons. The fourth-order valence-corrected chi connectivity index (χ4v) is 3.05. The maximum atomic E-state index is 9.91. The molecule has 2 bridgehead atoms. The summed E-state index contributed by atoms with van der Waals surface area (Å²) in [4.78, 5) is 2.26. The number of benzene rings is 1. The Kier molecular flexibility index (Phi) is 3.17. The molecule has 0 aromatic heterocycles. The van der Waals surface area contributed by atoms with E-state index in [-0.39, 0.29) is 0 Å². The van der Waals surface area contributed by atoms with Crippen LogP contribution in [0.1, 0.15) is 37.0 Å². The molecule has 1 aromatic carbocycles. The minimum atomic E-state index is -0.525. The van der Waals surface area contributed by atoms with Gasteiger partial charge in [-0.2, -0.15) is 5.26 Å². The summed E-state index contributed by atoms with van der Waals surface area (Å²) in [5.74, 6) is 0. The van der Waals surface area contributed by atoms with Crippen LogP contribution in [0.3, 0.4) is 0 Å². The van der Waals surface area contributed by atoms with E-state index in [1.807, 2.05) is 12.1 Å². The van der Waals surface area contributed by atoms with Crippen molar-refractivity contribution in [2.24, 2.45) is 0 Å². The second-order valence-corrected chi connectivity index (χ2v) is 5.42. The first kappa shape index (κ1) is 12.5. The fraction of sp³-hybridized carbons (Fsp3) is 0.533. The predicted octanol–water partition coefficient (Wildman–Crippen LogP) is 1.98. The van der Waals surface area contributed by atoms with E-state index >= 15 is 0 Å². The molecule has 3 rings (SSSR count). The number of hydrogen-bond acceptors (Lipinski definition) is 4. The number of morpholine rings is 1. The van der Waals surface area contributed by atoms with Gasteiger partial charge in [0.05, 0.1) is 29.9 Å². The van der Waals surface area contributed by atoms with Gasteiger partial charge in [0, 0.05) is 24.3 Å². The van der Waals surface area contributed by atoms with Crippen molar-refractivity contribution < 1.29 is 9.84 Å². The third-order valence-corrected chi connectivity index (χ3v) is 3.99. The first-order valence-electron chi connectivity index (χ1n) is 6.80. The lowest BCUT2D eigenvalue weighted by molar-refractivity contribution is 0.0303. The molecule has 4 nitrogen and oxygen atoms in total. The number of fused-ring (bicyclic) bond motifs is 2. The van der Waals surface area contributed by atoms with Crippen LogP contribution in [0.15, 0.2) is 18.2 Å². The first-order chi connectivity index (χ1) is 9.17. The van der Waals surface area contributed by atoms with E-state index in [2.05, 4.69) is 11.0 Å². The van der Waals surface area contributed by atoms with Crippen molar-refractivity contribution in [1.82, 2.24) is 0 Å². The minimum Gasteiger partial charge on any atom is -0.389 e. The molecule has 1 N–H and O–H groups in total. The Labute approximate surface area is 113 Å². The number of ether oxygens (including phenoxy) is 1. The summed E-state index contributed by atoms with van der Waals surface area (Å²) in [6.07, 6.45) is 2.30. The van der Waals surface area contributed by atoms with Crippen LogP contribution in [0.5, 0.6) is 0 Å². The molecule has 2 aliphatic rings. The Morgan fingerprint density at radius 1 is 1.37 bits per heavy atom. The lowest BCUT2D eigenvalue weighted by Gasteiger charge is -2.35. The van der Waals surface area contributed by atoms with Gasteiger partial charge in [-0.1, -0.05) is 6.07 Å². The quantitative estimate of drug-likeness (QED) is 0.881. The zero-order chi connectivity index (χ0) is 13.4. The summed E-state index contributed by atoms with van der Waals surface area (Å²) < 4.78 is 5.84. The van der Waals surface area contributed by atoms with E-state index in [1.165, 1.54) is 0 Å². The summed E-state index contributed by atoms with van der Waals surface area (Å²) in [7, 11) is 0. The lowest BCUT2D eigenvalue weighted by Crippen LogP contribution is -2.43. The average Bonchev–Trinajstić information content (AvgIpc) is 2.76. The lowest BCUT2D eigenvalue weighted by atomic mass is 10.0. The predicted molar refractivity (Wildman–Crippen MR) is 71.9 cm³/mol. The van der Waals surface area contributed by atoms with Gasteiger partial charge in [-0.25, -0.2) is 0 Å². The van der Waals surface area contributed by atoms with Crippen LogP contribution in [0.2, 0.25) is 0 Å². The molecule has 0 aliphatic carbocycles. The van der Waals surface area contributed by atoms with Crippen molar-refractivity contribution in [3.8, 4) is 6.07 Å². The number of nitrogens with zero attached hydrogens (tertiary/aromatic N) is 2. The van der Waals surface area contributed by atoms with E-state index in [1.54, 1.807) is 13.0 Å². The third kappa shape index (κ3) is 2.32. The monoisotopic (exact) mass is 258 g/mol. The smallest absolute Gasteiger partial charge is 0.0992 e. The summed E-state index contributed by atoms with van der Waals surface area (Å²) in [6, 6.07) is 7.67. The normalized spacial score (nSPS) is 27.1. The van der Waals surface area contributed by atoms with E-state index < -0.39 is 6.10 Å². The molecular formula is C15H18N2O2. The Bertz CT molecular complexity index is 509. The second-order valence-electron chi connectivity index (χ2n) is 5.42. The molecule has 4 heteroatoms. The maximum Gasteiger partial charge on any atom is 0.0992 e. The molecule has 19 heavy (non-hydrogen) atoms. The molecule has 2 saturated heterocycles. The van der Waals surface area contributed by atoms with E-state index in [0.717, 1.165) is 37.2 Å². The van der Waals surface area contributed by atoms with E-state index in [4.69, 9.17) is 10.00 Å². The minimum absolute atomic E-state index is 0.298. The Morgan fingerprint density at radius 3 is 2.63 bits per heavy atom. The van der Waals surface area contributed by atoms with Gasteiger partial charge in [0.1, 0.15) is 0 Å². The van der Waals surface area contributed by atoms with Crippen molar-refractivity contribution in [1.29, 1.82) is 5.26 Å². The van der Waals surface area contributed by atoms with Crippen LogP contribution >= 0.6 is 0 Å². The number of nitriles is 1. The first-order valence-corrected chi connectivity index (χ1v) is 6.80. The highest BCUT2D eigenvalue weighted by molar-refractivity contribution is 5.59. The fourth-order valence-electron chi connectivity index (χ4n) is 3.05. The SMILES string of the molecule is C[C@H](O)c1ccc(C#N)cc1N1CC2CCC(C1)O2. The zero-order valence-electron chi connectivity index (χ0n) is 11.0. The number of rotatable bonds is 2. The molecule has 2 aliphatic heterocycles. The summed E-state index contributed by atoms with van der Waals surface area (Å²) >= 11 is 0. The van der Waals surface area contributed by atoms with Gasteiger partial charge in [-0.05, 0) is 31.9 Å². The maximum absolute atomic E-state index is 9.91. The molecular weight excluding hydrogens is 240 g/mol. The van der Waals surface area contributed by atoms with Gasteiger partial charge in [0.15, 0.2) is 0 Å². The summed E-state index contributed by atoms with van der Waals surface area (Å²) in [6.45, 7) is 3.47. The third-order valence-electron chi connectivity index (χ3n) is 3.99. The van der Waals surface area contributed by atoms with Gasteiger partial charge < -0.3 is 14.7 Å². The van der Waals surface area contributed by atoms with E-state index in [0.29, 0.717) is 17.8 Å². The molecule has 0 amide bonds. The molecule has 2 fully saturated rings. The molecule has 3 atom stereocenters. The van der Waals surface area contributed by atoms with Crippen LogP contribution in [-0.4, -0.2) is 30.4 Å². The molecule has 2 heterocycles. The molecule has 2 unspecified atom stereocenters. The number of anilines is 1. The van der Waals surface area contributed by atoms with Crippen molar-refractivity contribution >= 4 is 5.69 Å².